The van der Waals surface area contributed by atoms with Gasteiger partial charge >= 0.3 is 0 Å². The van der Waals surface area contributed by atoms with Crippen molar-refractivity contribution in [3.63, 3.8) is 0 Å². The second-order valence-corrected chi connectivity index (χ2v) is 13.8. The average Bonchev–Trinajstić information content (AvgIpc) is 3.56. The van der Waals surface area contributed by atoms with Crippen LogP contribution in [0.3, 0.4) is 0 Å². The fraction of sp³-hybridized carbons (Fsp3) is 0.0213. The highest BCUT2D eigenvalue weighted by molar-refractivity contribution is 7.26. The van der Waals surface area contributed by atoms with Crippen molar-refractivity contribution in [2.45, 2.75) is 5.41 Å². The molecule has 0 spiro atoms. The van der Waals surface area contributed by atoms with E-state index in [4.69, 9.17) is 4.74 Å². The first-order valence-corrected chi connectivity index (χ1v) is 17.6. The van der Waals surface area contributed by atoms with Gasteiger partial charge in [0.2, 0.25) is 0 Å². The fourth-order valence-corrected chi connectivity index (χ4v) is 9.35. The summed E-state index contributed by atoms with van der Waals surface area (Å²) in [5.41, 5.74) is 9.07. The summed E-state index contributed by atoms with van der Waals surface area (Å²) in [7, 11) is 0. The van der Waals surface area contributed by atoms with Gasteiger partial charge in [-0.15, -0.1) is 11.3 Å². The van der Waals surface area contributed by atoms with Crippen molar-refractivity contribution in [2.75, 3.05) is 0 Å². The van der Waals surface area contributed by atoms with E-state index in [0.29, 0.717) is 0 Å². The summed E-state index contributed by atoms with van der Waals surface area (Å²) in [6.07, 6.45) is 0. The van der Waals surface area contributed by atoms with Crippen molar-refractivity contribution in [3.8, 4) is 33.8 Å². The molecule has 230 valence electrons. The lowest BCUT2D eigenvalue weighted by Gasteiger charge is -2.41. The van der Waals surface area contributed by atoms with Gasteiger partial charge in [0.1, 0.15) is 11.5 Å². The standard InChI is InChI=1S/C47H30OS/c1-3-14-32(15-4-1)47(33-16-5-2-6-17-33)41-23-10-11-24-43(41)48-44-30-31(26-29-42(44)47)34-27-28-37(36-19-8-7-18-35(34)36)39-21-13-22-40-38-20-9-12-25-45(38)49-46(39)40/h1-30H. The first kappa shape index (κ1) is 28.1. The lowest BCUT2D eigenvalue weighted by molar-refractivity contribution is 0.435. The molecule has 0 saturated heterocycles. The van der Waals surface area contributed by atoms with Crippen LogP contribution in [0.15, 0.2) is 182 Å². The van der Waals surface area contributed by atoms with E-state index in [0.717, 1.165) is 28.2 Å². The molecule has 9 aromatic rings. The van der Waals surface area contributed by atoms with E-state index in [1.165, 1.54) is 58.8 Å². The smallest absolute Gasteiger partial charge is 0.132 e. The molecule has 0 fully saturated rings. The van der Waals surface area contributed by atoms with Crippen molar-refractivity contribution < 1.29 is 4.74 Å². The monoisotopic (exact) mass is 642 g/mol. The van der Waals surface area contributed by atoms with Gasteiger partial charge in [-0.25, -0.2) is 0 Å². The Hall–Kier alpha value is -5.96. The second kappa shape index (κ2) is 11.1. The van der Waals surface area contributed by atoms with Crippen LogP contribution in [0.25, 0.3) is 53.2 Å². The first-order valence-electron chi connectivity index (χ1n) is 16.8. The van der Waals surface area contributed by atoms with Crippen LogP contribution in [-0.4, -0.2) is 0 Å². The van der Waals surface area contributed by atoms with Gasteiger partial charge in [0.15, 0.2) is 0 Å². The molecule has 0 unspecified atom stereocenters. The van der Waals surface area contributed by atoms with Crippen molar-refractivity contribution in [1.82, 2.24) is 0 Å². The Labute approximate surface area is 289 Å². The van der Waals surface area contributed by atoms with E-state index in [9.17, 15) is 0 Å². The molecule has 1 aromatic heterocycles. The molecule has 2 heteroatoms. The number of hydrogen-bond acceptors (Lipinski definition) is 2. The molecule has 49 heavy (non-hydrogen) atoms. The lowest BCUT2D eigenvalue weighted by atomic mass is 9.63. The number of thiophene rings is 1. The van der Waals surface area contributed by atoms with E-state index in [1.54, 1.807) is 0 Å². The molecule has 0 bridgehead atoms. The van der Waals surface area contributed by atoms with Crippen molar-refractivity contribution >= 4 is 42.3 Å². The van der Waals surface area contributed by atoms with Crippen LogP contribution in [0.4, 0.5) is 0 Å². The molecule has 1 aliphatic rings. The maximum Gasteiger partial charge on any atom is 0.132 e. The Morgan fingerprint density at radius 3 is 1.76 bits per heavy atom. The number of para-hydroxylation sites is 1. The van der Waals surface area contributed by atoms with Crippen molar-refractivity contribution in [2.24, 2.45) is 0 Å². The number of ether oxygens (including phenoxy) is 1. The normalized spacial score (nSPS) is 13.2. The van der Waals surface area contributed by atoms with Crippen LogP contribution in [0.1, 0.15) is 22.3 Å². The summed E-state index contributed by atoms with van der Waals surface area (Å²) >= 11 is 1.88. The number of fused-ring (bicyclic) bond motifs is 6. The molecule has 0 atom stereocenters. The summed E-state index contributed by atoms with van der Waals surface area (Å²) in [4.78, 5) is 0. The molecule has 1 aliphatic heterocycles. The molecule has 0 aliphatic carbocycles. The summed E-state index contributed by atoms with van der Waals surface area (Å²) in [6.45, 7) is 0. The van der Waals surface area contributed by atoms with E-state index in [2.05, 4.69) is 182 Å². The average molecular weight is 643 g/mol. The molecule has 1 nitrogen and oxygen atoms in total. The van der Waals surface area contributed by atoms with Crippen LogP contribution in [0.5, 0.6) is 11.5 Å². The van der Waals surface area contributed by atoms with Crippen LogP contribution in [0, 0.1) is 0 Å². The van der Waals surface area contributed by atoms with Crippen molar-refractivity contribution in [3.05, 3.63) is 204 Å². The summed E-state index contributed by atoms with van der Waals surface area (Å²) < 4.78 is 9.48. The van der Waals surface area contributed by atoms with Gasteiger partial charge in [0, 0.05) is 36.9 Å². The van der Waals surface area contributed by atoms with Crippen LogP contribution in [0.2, 0.25) is 0 Å². The van der Waals surface area contributed by atoms with Gasteiger partial charge in [-0.1, -0.05) is 164 Å². The third-order valence-corrected chi connectivity index (χ3v) is 11.5. The maximum atomic E-state index is 6.82. The third-order valence-electron chi connectivity index (χ3n) is 10.2. The topological polar surface area (TPSA) is 9.23 Å². The van der Waals surface area contributed by atoms with Crippen LogP contribution < -0.4 is 4.74 Å². The number of rotatable bonds is 4. The van der Waals surface area contributed by atoms with Gasteiger partial charge in [-0.3, -0.25) is 0 Å². The van der Waals surface area contributed by atoms with Crippen LogP contribution in [-0.2, 0) is 5.41 Å². The third kappa shape index (κ3) is 4.18. The molecule has 2 heterocycles. The van der Waals surface area contributed by atoms with Gasteiger partial charge in [0.05, 0.1) is 5.41 Å². The zero-order valence-electron chi connectivity index (χ0n) is 26.6. The van der Waals surface area contributed by atoms with E-state index < -0.39 is 5.41 Å². The Balaban J connectivity index is 1.19. The Bertz CT molecular complexity index is 2650. The predicted octanol–water partition coefficient (Wildman–Crippen LogP) is 13.0. The summed E-state index contributed by atoms with van der Waals surface area (Å²) in [5, 5.41) is 5.12. The molecular weight excluding hydrogens is 613 g/mol. The Morgan fingerprint density at radius 1 is 0.388 bits per heavy atom. The minimum Gasteiger partial charge on any atom is -0.457 e. The molecular formula is C47H30OS. The zero-order chi connectivity index (χ0) is 32.4. The fourth-order valence-electron chi connectivity index (χ4n) is 8.12. The highest BCUT2D eigenvalue weighted by Gasteiger charge is 2.45. The zero-order valence-corrected chi connectivity index (χ0v) is 27.5. The highest BCUT2D eigenvalue weighted by atomic mass is 32.1. The predicted molar refractivity (Wildman–Crippen MR) is 206 cm³/mol. The van der Waals surface area contributed by atoms with Gasteiger partial charge < -0.3 is 4.74 Å². The number of benzene rings is 8. The van der Waals surface area contributed by atoms with Gasteiger partial charge in [-0.2, -0.15) is 0 Å². The van der Waals surface area contributed by atoms with E-state index in [-0.39, 0.29) is 0 Å². The Kier molecular flexibility index (Phi) is 6.34. The van der Waals surface area contributed by atoms with E-state index >= 15 is 0 Å². The van der Waals surface area contributed by atoms with E-state index in [1.807, 2.05) is 11.3 Å². The number of hydrogen-bond donors (Lipinski definition) is 0. The molecule has 0 saturated carbocycles. The summed E-state index contributed by atoms with van der Waals surface area (Å²) in [5.74, 6) is 1.77. The van der Waals surface area contributed by atoms with Crippen LogP contribution >= 0.6 is 11.3 Å². The maximum absolute atomic E-state index is 6.82. The molecule has 10 rings (SSSR count). The molecule has 0 N–H and O–H groups in total. The Morgan fingerprint density at radius 2 is 0.980 bits per heavy atom. The lowest BCUT2D eigenvalue weighted by Crippen LogP contribution is -2.34. The minimum atomic E-state index is -0.528. The molecule has 8 aromatic carbocycles. The first-order chi connectivity index (χ1) is 24.3. The van der Waals surface area contributed by atoms with Gasteiger partial charge in [-0.05, 0) is 56.8 Å². The summed E-state index contributed by atoms with van der Waals surface area (Å²) in [6, 6.07) is 65.9. The molecule has 0 amide bonds. The minimum absolute atomic E-state index is 0.528. The second-order valence-electron chi connectivity index (χ2n) is 12.8. The highest BCUT2D eigenvalue weighted by Crippen LogP contribution is 2.56. The SMILES string of the molecule is c1ccc(C2(c3ccccc3)c3ccccc3Oc3cc(-c4ccc(-c5cccc6c5sc5ccccc56)c5ccccc45)ccc32)cc1. The van der Waals surface area contributed by atoms with Gasteiger partial charge in [0.25, 0.3) is 0 Å². The molecule has 0 radical (unpaired) electrons. The van der Waals surface area contributed by atoms with Crippen molar-refractivity contribution in [1.29, 1.82) is 0 Å². The largest absolute Gasteiger partial charge is 0.457 e. The quantitative estimate of drug-likeness (QED) is 0.186.